The number of nitrogens with one attached hydrogen (secondary N) is 1. The van der Waals surface area contributed by atoms with Crippen LogP contribution in [-0.2, 0) is 6.61 Å². The summed E-state index contributed by atoms with van der Waals surface area (Å²) in [5.41, 5.74) is 1.02. The van der Waals surface area contributed by atoms with E-state index < -0.39 is 0 Å². The molecule has 1 aromatic carbocycles. The molecule has 0 saturated carbocycles. The number of aromatic nitrogens is 1. The average molecular weight is 272 g/mol. The molecule has 0 fully saturated rings. The van der Waals surface area contributed by atoms with Crippen LogP contribution in [-0.4, -0.2) is 18.6 Å². The Labute approximate surface area is 119 Å². The summed E-state index contributed by atoms with van der Waals surface area (Å²) in [4.78, 5) is 4.26. The highest BCUT2D eigenvalue weighted by atomic mass is 16.5. The van der Waals surface area contributed by atoms with Crippen molar-refractivity contribution in [3.63, 3.8) is 0 Å². The number of nitrogens with zero attached hydrogens (tertiary/aromatic N) is 1. The second-order valence-electron chi connectivity index (χ2n) is 4.39. The maximum absolute atomic E-state index is 5.81. The lowest BCUT2D eigenvalue weighted by molar-refractivity contribution is 0.261. The fraction of sp³-hybridized carbons (Fsp3) is 0.312. The van der Waals surface area contributed by atoms with E-state index >= 15 is 0 Å². The third-order valence-corrected chi connectivity index (χ3v) is 2.79. The van der Waals surface area contributed by atoms with E-state index in [1.807, 2.05) is 43.4 Å². The predicted molar refractivity (Wildman–Crippen MR) is 80.3 cm³/mol. The Morgan fingerprint density at radius 3 is 2.40 bits per heavy atom. The van der Waals surface area contributed by atoms with Crippen LogP contribution in [0.2, 0.25) is 0 Å². The number of hydrogen-bond donors (Lipinski definition) is 1. The van der Waals surface area contributed by atoms with Crippen molar-refractivity contribution in [2.75, 3.05) is 19.0 Å². The van der Waals surface area contributed by atoms with Gasteiger partial charge in [-0.2, -0.15) is 0 Å². The van der Waals surface area contributed by atoms with E-state index in [2.05, 4.69) is 17.2 Å². The Bertz CT molecular complexity index is 526. The van der Waals surface area contributed by atoms with Gasteiger partial charge >= 0.3 is 0 Å². The molecule has 106 valence electrons. The first kappa shape index (κ1) is 14.2. The van der Waals surface area contributed by atoms with Crippen LogP contribution in [0.3, 0.4) is 0 Å². The Kier molecular flexibility index (Phi) is 5.24. The van der Waals surface area contributed by atoms with Gasteiger partial charge in [-0.15, -0.1) is 0 Å². The van der Waals surface area contributed by atoms with Crippen LogP contribution in [0.5, 0.6) is 11.5 Å². The quantitative estimate of drug-likeness (QED) is 0.838. The molecule has 20 heavy (non-hydrogen) atoms. The number of anilines is 1. The molecule has 0 aliphatic heterocycles. The molecule has 0 unspecified atom stereocenters. The molecule has 0 radical (unpaired) electrons. The Morgan fingerprint density at radius 1 is 1.05 bits per heavy atom. The van der Waals surface area contributed by atoms with Crippen LogP contribution in [0.15, 0.2) is 42.6 Å². The lowest BCUT2D eigenvalue weighted by atomic mass is 10.3. The minimum absolute atomic E-state index is 0.476. The first-order chi connectivity index (χ1) is 9.83. The zero-order chi connectivity index (χ0) is 14.2. The zero-order valence-corrected chi connectivity index (χ0v) is 11.9. The fourth-order valence-corrected chi connectivity index (χ4v) is 1.72. The van der Waals surface area contributed by atoms with E-state index in [0.717, 1.165) is 29.3 Å². The molecule has 0 aliphatic rings. The van der Waals surface area contributed by atoms with Crippen LogP contribution in [0.1, 0.15) is 18.9 Å². The molecule has 1 aromatic heterocycles. The van der Waals surface area contributed by atoms with Crippen LogP contribution < -0.4 is 14.8 Å². The second kappa shape index (κ2) is 7.38. The lowest BCUT2D eigenvalue weighted by Gasteiger charge is -2.12. The van der Waals surface area contributed by atoms with Gasteiger partial charge in [-0.1, -0.05) is 25.1 Å². The van der Waals surface area contributed by atoms with Gasteiger partial charge in [0.05, 0.1) is 6.61 Å². The van der Waals surface area contributed by atoms with E-state index in [1.54, 1.807) is 6.20 Å². The average Bonchev–Trinajstić information content (AvgIpc) is 2.52. The molecule has 1 heterocycles. The molecule has 0 bridgehead atoms. The van der Waals surface area contributed by atoms with E-state index in [0.29, 0.717) is 13.2 Å². The maximum atomic E-state index is 5.81. The molecule has 2 aromatic rings. The number of rotatable bonds is 7. The largest absolute Gasteiger partial charge is 0.490 e. The lowest BCUT2D eigenvalue weighted by Crippen LogP contribution is -2.01. The highest BCUT2D eigenvalue weighted by Crippen LogP contribution is 2.27. The molecule has 1 N–H and O–H groups in total. The van der Waals surface area contributed by atoms with E-state index in [9.17, 15) is 0 Å². The van der Waals surface area contributed by atoms with Crippen LogP contribution in [0.4, 0.5) is 5.82 Å². The normalized spacial score (nSPS) is 10.1. The topological polar surface area (TPSA) is 43.4 Å². The van der Waals surface area contributed by atoms with Crippen molar-refractivity contribution in [2.24, 2.45) is 0 Å². The maximum Gasteiger partial charge on any atom is 0.161 e. The summed E-state index contributed by atoms with van der Waals surface area (Å²) in [5.74, 6) is 2.40. The number of benzene rings is 1. The van der Waals surface area contributed by atoms with Gasteiger partial charge in [0.1, 0.15) is 12.4 Å². The zero-order valence-electron chi connectivity index (χ0n) is 11.9. The molecule has 0 saturated heterocycles. The number of hydrogen-bond acceptors (Lipinski definition) is 4. The second-order valence-corrected chi connectivity index (χ2v) is 4.39. The summed E-state index contributed by atoms with van der Waals surface area (Å²) in [6.07, 6.45) is 2.78. The molecule has 0 atom stereocenters. The van der Waals surface area contributed by atoms with Crippen molar-refractivity contribution >= 4 is 5.82 Å². The predicted octanol–water partition coefficient (Wildman–Crippen LogP) is 3.49. The van der Waals surface area contributed by atoms with Crippen molar-refractivity contribution in [3.8, 4) is 11.5 Å². The first-order valence-corrected chi connectivity index (χ1v) is 6.80. The van der Waals surface area contributed by atoms with E-state index in [4.69, 9.17) is 9.47 Å². The Morgan fingerprint density at radius 2 is 1.80 bits per heavy atom. The summed E-state index contributed by atoms with van der Waals surface area (Å²) in [5, 5.41) is 2.99. The van der Waals surface area contributed by atoms with Gasteiger partial charge in [0, 0.05) is 18.8 Å². The van der Waals surface area contributed by atoms with Crippen LogP contribution >= 0.6 is 0 Å². The Balaban J connectivity index is 1.98. The van der Waals surface area contributed by atoms with Gasteiger partial charge in [0.15, 0.2) is 11.5 Å². The summed E-state index contributed by atoms with van der Waals surface area (Å²) >= 11 is 0. The SMILES string of the molecule is CCCOc1ccccc1OCc1ccc(NC)nc1. The minimum atomic E-state index is 0.476. The molecule has 4 nitrogen and oxygen atoms in total. The smallest absolute Gasteiger partial charge is 0.161 e. The monoisotopic (exact) mass is 272 g/mol. The van der Waals surface area contributed by atoms with Gasteiger partial charge in [-0.25, -0.2) is 4.98 Å². The summed E-state index contributed by atoms with van der Waals surface area (Å²) in [6.45, 7) is 3.25. The Hall–Kier alpha value is -2.23. The third-order valence-electron chi connectivity index (χ3n) is 2.79. The molecule has 0 spiro atoms. The summed E-state index contributed by atoms with van der Waals surface area (Å²) < 4.78 is 11.5. The van der Waals surface area contributed by atoms with Gasteiger partial charge in [-0.3, -0.25) is 0 Å². The summed E-state index contributed by atoms with van der Waals surface area (Å²) in [7, 11) is 1.85. The van der Waals surface area contributed by atoms with Crippen molar-refractivity contribution in [1.82, 2.24) is 4.98 Å². The molecule has 4 heteroatoms. The van der Waals surface area contributed by atoms with Gasteiger partial charge < -0.3 is 14.8 Å². The van der Waals surface area contributed by atoms with Crippen molar-refractivity contribution in [1.29, 1.82) is 0 Å². The highest BCUT2D eigenvalue weighted by molar-refractivity contribution is 5.40. The van der Waals surface area contributed by atoms with Crippen molar-refractivity contribution < 1.29 is 9.47 Å². The van der Waals surface area contributed by atoms with Gasteiger partial charge in [-0.05, 0) is 24.6 Å². The molecule has 0 amide bonds. The number of ether oxygens (including phenoxy) is 2. The van der Waals surface area contributed by atoms with E-state index in [-0.39, 0.29) is 0 Å². The standard InChI is InChI=1S/C16H20N2O2/c1-3-10-19-14-6-4-5-7-15(14)20-12-13-8-9-16(17-2)18-11-13/h4-9,11H,3,10,12H2,1-2H3,(H,17,18). The fourth-order valence-electron chi connectivity index (χ4n) is 1.72. The van der Waals surface area contributed by atoms with E-state index in [1.165, 1.54) is 0 Å². The molecule has 0 aliphatic carbocycles. The first-order valence-electron chi connectivity index (χ1n) is 6.80. The minimum Gasteiger partial charge on any atom is -0.490 e. The number of para-hydroxylation sites is 2. The molecule has 2 rings (SSSR count). The van der Waals surface area contributed by atoms with Crippen molar-refractivity contribution in [2.45, 2.75) is 20.0 Å². The third kappa shape index (κ3) is 3.88. The number of pyridine rings is 1. The van der Waals surface area contributed by atoms with Crippen LogP contribution in [0.25, 0.3) is 0 Å². The molecular formula is C16H20N2O2. The van der Waals surface area contributed by atoms with Crippen LogP contribution in [0, 0.1) is 0 Å². The highest BCUT2D eigenvalue weighted by Gasteiger charge is 2.04. The molecular weight excluding hydrogens is 252 g/mol. The van der Waals surface area contributed by atoms with Gasteiger partial charge in [0.2, 0.25) is 0 Å². The van der Waals surface area contributed by atoms with Crippen molar-refractivity contribution in [3.05, 3.63) is 48.2 Å². The van der Waals surface area contributed by atoms with Gasteiger partial charge in [0.25, 0.3) is 0 Å². The summed E-state index contributed by atoms with van der Waals surface area (Å²) in [6, 6.07) is 11.7.